The van der Waals surface area contributed by atoms with E-state index in [-0.39, 0.29) is 57.4 Å². The Kier molecular flexibility index (Phi) is 6.63. The summed E-state index contributed by atoms with van der Waals surface area (Å²) in [7, 11) is -1.56. The molecule has 0 fully saturated rings. The van der Waals surface area contributed by atoms with E-state index in [1.165, 1.54) is 27.4 Å². The maximum absolute atomic E-state index is 9.38. The summed E-state index contributed by atoms with van der Waals surface area (Å²) in [6.45, 7) is 20.5. The fourth-order valence-corrected chi connectivity index (χ4v) is 9.19. The normalized spacial score (nSPS) is 17.7. The van der Waals surface area contributed by atoms with Gasteiger partial charge in [0.25, 0.3) is 0 Å². The van der Waals surface area contributed by atoms with E-state index in [2.05, 4.69) is 116 Å². The van der Waals surface area contributed by atoms with Crippen LogP contribution in [-0.4, -0.2) is 23.0 Å². The predicted molar refractivity (Wildman–Crippen MR) is 217 cm³/mol. The van der Waals surface area contributed by atoms with E-state index in [0.29, 0.717) is 17.2 Å². The van der Waals surface area contributed by atoms with Gasteiger partial charge in [-0.15, -0.1) is 0 Å². The highest BCUT2D eigenvalue weighted by Gasteiger charge is 2.38. The molecule has 0 N–H and O–H groups in total. The molecule has 1 aromatic heterocycles. The quantitative estimate of drug-likeness (QED) is 0.169. The van der Waals surface area contributed by atoms with E-state index in [1.807, 2.05) is 30.3 Å². The van der Waals surface area contributed by atoms with Crippen molar-refractivity contribution in [3.05, 3.63) is 131 Å². The van der Waals surface area contributed by atoms with Gasteiger partial charge in [0.2, 0.25) is 0 Å². The minimum atomic E-state index is -1.56. The molecular formula is C47H49N3Si. The molecular weight excluding hydrogens is 635 g/mol. The van der Waals surface area contributed by atoms with Crippen LogP contribution in [0.2, 0.25) is 19.6 Å². The number of fused-ring (bicyclic) bond motifs is 4. The second-order valence-electron chi connectivity index (χ2n) is 17.3. The smallest absolute Gasteiger partial charge is 0.164 e. The van der Waals surface area contributed by atoms with Gasteiger partial charge in [-0.25, -0.2) is 15.0 Å². The van der Waals surface area contributed by atoms with E-state index in [4.69, 9.17) is 15.0 Å². The molecule has 3 nitrogen and oxygen atoms in total. The Labute approximate surface area is 310 Å². The first-order valence-corrected chi connectivity index (χ1v) is 21.7. The van der Waals surface area contributed by atoms with Crippen LogP contribution >= 0.6 is 0 Å². The predicted octanol–water partition coefficient (Wildman–Crippen LogP) is 11.7. The van der Waals surface area contributed by atoms with Gasteiger partial charge < -0.3 is 0 Å². The Balaban J connectivity index is 1.30. The van der Waals surface area contributed by atoms with E-state index in [0.717, 1.165) is 35.1 Å². The summed E-state index contributed by atoms with van der Waals surface area (Å²) in [6, 6.07) is 28.7. The van der Waals surface area contributed by atoms with Crippen LogP contribution in [0.5, 0.6) is 0 Å². The first kappa shape index (κ1) is 29.0. The molecule has 2 aliphatic carbocycles. The van der Waals surface area contributed by atoms with Crippen molar-refractivity contribution in [2.45, 2.75) is 90.3 Å². The molecule has 5 aromatic carbocycles. The van der Waals surface area contributed by atoms with Crippen molar-refractivity contribution in [1.29, 1.82) is 0 Å². The molecule has 0 unspecified atom stereocenters. The maximum Gasteiger partial charge on any atom is 0.164 e. The Hall–Kier alpha value is -4.67. The zero-order valence-corrected chi connectivity index (χ0v) is 32.3. The lowest BCUT2D eigenvalue weighted by molar-refractivity contribution is 0.332. The highest BCUT2D eigenvalue weighted by atomic mass is 28.3. The molecule has 51 heavy (non-hydrogen) atoms. The first-order chi connectivity index (χ1) is 25.8. The molecule has 2 aliphatic rings. The third-order valence-corrected chi connectivity index (χ3v) is 13.5. The van der Waals surface area contributed by atoms with Gasteiger partial charge in [-0.1, -0.05) is 163 Å². The lowest BCUT2D eigenvalue weighted by atomic mass is 9.63. The summed E-state index contributed by atoms with van der Waals surface area (Å²) >= 11 is 0. The molecule has 4 heteroatoms. The molecule has 0 atom stereocenters. The van der Waals surface area contributed by atoms with Crippen molar-refractivity contribution in [2.75, 3.05) is 0 Å². The average molecular weight is 688 g/mol. The van der Waals surface area contributed by atoms with E-state index in [1.54, 1.807) is 0 Å². The fraction of sp³-hybridized carbons (Fsp3) is 0.298. The number of nitrogens with zero attached hydrogens (tertiary/aromatic N) is 3. The largest absolute Gasteiger partial charge is 0.208 e. The standard InChI is InChI=1S/C47H49N3Si/c1-45(2)26-27-46(3,4)41-29-34(21-25-39(41)45)44-49-42(48-43(50-44)32-18-22-35(23-19-32)51(7,8)9)31-16-14-30(15-17-31)33-20-24-37-36-12-10-11-13-38(36)47(5,6)40(37)28-33/h10-25,28-29H,26-27H2,1-9H3/i14D,15D,16D,17D. The van der Waals surface area contributed by atoms with Crippen LogP contribution in [0.4, 0.5) is 0 Å². The van der Waals surface area contributed by atoms with Crippen molar-refractivity contribution in [1.82, 2.24) is 15.0 Å². The summed E-state index contributed by atoms with van der Waals surface area (Å²) in [4.78, 5) is 14.9. The third kappa shape index (κ3) is 5.78. The van der Waals surface area contributed by atoms with Gasteiger partial charge in [0.05, 0.1) is 13.6 Å². The molecule has 1 heterocycles. The second-order valence-corrected chi connectivity index (χ2v) is 22.4. The molecule has 0 spiro atoms. The average Bonchev–Trinajstić information content (AvgIpc) is 3.38. The molecule has 0 radical (unpaired) electrons. The van der Waals surface area contributed by atoms with Crippen LogP contribution < -0.4 is 5.19 Å². The monoisotopic (exact) mass is 687 g/mol. The van der Waals surface area contributed by atoms with Gasteiger partial charge >= 0.3 is 0 Å². The number of benzene rings is 5. The highest BCUT2D eigenvalue weighted by molar-refractivity contribution is 6.88. The van der Waals surface area contributed by atoms with Crippen LogP contribution in [0.25, 0.3) is 56.4 Å². The molecule has 6 aromatic rings. The Morgan fingerprint density at radius 2 is 1.00 bits per heavy atom. The summed E-state index contributed by atoms with van der Waals surface area (Å²) in [5.41, 5.74) is 9.65. The summed E-state index contributed by atoms with van der Waals surface area (Å²) in [5.74, 6) is 0.999. The third-order valence-electron chi connectivity index (χ3n) is 11.5. The molecule has 8 rings (SSSR count). The zero-order valence-electron chi connectivity index (χ0n) is 35.3. The van der Waals surface area contributed by atoms with Crippen molar-refractivity contribution < 1.29 is 5.48 Å². The topological polar surface area (TPSA) is 38.7 Å². The van der Waals surface area contributed by atoms with Crippen molar-refractivity contribution in [3.8, 4) is 56.4 Å². The van der Waals surface area contributed by atoms with Crippen LogP contribution in [0.15, 0.2) is 109 Å². The molecule has 256 valence electrons. The van der Waals surface area contributed by atoms with E-state index >= 15 is 0 Å². The van der Waals surface area contributed by atoms with Crippen molar-refractivity contribution >= 4 is 13.3 Å². The zero-order chi connectivity index (χ0) is 39.4. The molecule has 0 saturated carbocycles. The van der Waals surface area contributed by atoms with Crippen LogP contribution in [-0.2, 0) is 16.2 Å². The van der Waals surface area contributed by atoms with Gasteiger partial charge in [-0.3, -0.25) is 0 Å². The number of aromatic nitrogens is 3. The number of hydrogen-bond donors (Lipinski definition) is 0. The van der Waals surface area contributed by atoms with Gasteiger partial charge in [0.15, 0.2) is 17.5 Å². The number of hydrogen-bond acceptors (Lipinski definition) is 3. The summed E-state index contributed by atoms with van der Waals surface area (Å²) in [5, 5.41) is 1.32. The van der Waals surface area contributed by atoms with Crippen LogP contribution in [0, 0.1) is 0 Å². The summed E-state index contributed by atoms with van der Waals surface area (Å²) < 4.78 is 37.4. The second kappa shape index (κ2) is 11.7. The Morgan fingerprint density at radius 1 is 0.490 bits per heavy atom. The Morgan fingerprint density at radius 3 is 1.67 bits per heavy atom. The first-order valence-electron chi connectivity index (χ1n) is 20.2. The minimum absolute atomic E-state index is 0.0272. The minimum Gasteiger partial charge on any atom is -0.208 e. The van der Waals surface area contributed by atoms with Gasteiger partial charge in [0.1, 0.15) is 0 Å². The highest BCUT2D eigenvalue weighted by Crippen LogP contribution is 2.50. The maximum atomic E-state index is 9.38. The van der Waals surface area contributed by atoms with Crippen LogP contribution in [0.3, 0.4) is 0 Å². The lowest BCUT2D eigenvalue weighted by Gasteiger charge is -2.42. The molecule has 0 aliphatic heterocycles. The van der Waals surface area contributed by atoms with E-state index < -0.39 is 8.07 Å². The molecule has 0 bridgehead atoms. The van der Waals surface area contributed by atoms with Gasteiger partial charge in [-0.2, -0.15) is 0 Å². The summed E-state index contributed by atoms with van der Waals surface area (Å²) in [6.07, 6.45) is 2.17. The SMILES string of the molecule is [2H]c1c([2H])c(-c2nc(-c3ccc([Si](C)(C)C)cc3)nc(-c3ccc4c(c3)C(C)(C)CCC4(C)C)n2)c([2H])c([2H])c1-c1ccc2c(c1)C(C)(C)c1ccccc1-2. The molecule has 0 amide bonds. The van der Waals surface area contributed by atoms with Crippen molar-refractivity contribution in [3.63, 3.8) is 0 Å². The Bertz CT molecular complexity index is 2520. The van der Waals surface area contributed by atoms with Gasteiger partial charge in [-0.05, 0) is 80.3 Å². The lowest BCUT2D eigenvalue weighted by Crippen LogP contribution is -2.37. The van der Waals surface area contributed by atoms with Crippen LogP contribution in [0.1, 0.15) is 82.1 Å². The van der Waals surface area contributed by atoms with Crippen molar-refractivity contribution in [2.24, 2.45) is 0 Å². The molecule has 0 saturated heterocycles. The van der Waals surface area contributed by atoms with E-state index in [9.17, 15) is 5.48 Å². The fourth-order valence-electron chi connectivity index (χ4n) is 8.02. The van der Waals surface area contributed by atoms with Gasteiger partial charge in [0, 0.05) is 22.1 Å². The number of rotatable bonds is 5.